The van der Waals surface area contributed by atoms with E-state index in [1.165, 1.54) is 11.8 Å². The number of nitrogens with zero attached hydrogens (tertiary/aromatic N) is 2. The Kier molecular flexibility index (Phi) is 6.86. The number of benzene rings is 2. The third-order valence-electron chi connectivity index (χ3n) is 4.26. The number of amides is 1. The zero-order chi connectivity index (χ0) is 18.5. The van der Waals surface area contributed by atoms with Crippen LogP contribution in [0.1, 0.15) is 0 Å². The van der Waals surface area contributed by atoms with Crippen LogP contribution in [0.5, 0.6) is 0 Å². The van der Waals surface area contributed by atoms with Crippen molar-refractivity contribution >= 4 is 56.6 Å². The van der Waals surface area contributed by atoms with Crippen molar-refractivity contribution in [3.8, 4) is 0 Å². The van der Waals surface area contributed by atoms with E-state index >= 15 is 0 Å². The summed E-state index contributed by atoms with van der Waals surface area (Å²) in [6, 6.07) is 13.6. The minimum Gasteiger partial charge on any atom is -0.367 e. The molecule has 0 atom stereocenters. The van der Waals surface area contributed by atoms with Gasteiger partial charge >= 0.3 is 0 Å². The molecule has 3 rings (SSSR count). The molecule has 26 heavy (non-hydrogen) atoms. The van der Waals surface area contributed by atoms with Crippen molar-refractivity contribution in [1.29, 1.82) is 0 Å². The van der Waals surface area contributed by atoms with E-state index < -0.39 is 0 Å². The smallest absolute Gasteiger partial charge is 0.234 e. The SMILES string of the molecule is CN1CCN(c2ccc(Cl)cc2NC(=O)CSc2ccc(Br)cc2)CC1. The molecule has 0 aromatic heterocycles. The van der Waals surface area contributed by atoms with Crippen LogP contribution in [-0.4, -0.2) is 49.8 Å². The number of rotatable bonds is 5. The third kappa shape index (κ3) is 5.39. The second-order valence-electron chi connectivity index (χ2n) is 6.24. The first-order valence-corrected chi connectivity index (χ1v) is 10.6. The van der Waals surface area contributed by atoms with E-state index in [1.807, 2.05) is 42.5 Å². The number of likely N-dealkylation sites (N-methyl/N-ethyl adjacent to an activating group) is 1. The van der Waals surface area contributed by atoms with Gasteiger partial charge in [0.25, 0.3) is 0 Å². The van der Waals surface area contributed by atoms with Crippen LogP contribution in [0.25, 0.3) is 0 Å². The quantitative estimate of drug-likeness (QED) is 0.671. The molecule has 0 spiro atoms. The molecular weight excluding hydrogens is 434 g/mol. The molecule has 138 valence electrons. The maximum absolute atomic E-state index is 12.4. The number of thioether (sulfide) groups is 1. The predicted molar refractivity (Wildman–Crippen MR) is 115 cm³/mol. The molecule has 1 saturated heterocycles. The fraction of sp³-hybridized carbons (Fsp3) is 0.316. The molecule has 0 bridgehead atoms. The van der Waals surface area contributed by atoms with Gasteiger partial charge in [0.1, 0.15) is 0 Å². The molecule has 1 N–H and O–H groups in total. The van der Waals surface area contributed by atoms with E-state index in [9.17, 15) is 4.79 Å². The first-order valence-electron chi connectivity index (χ1n) is 8.42. The molecular formula is C19H21BrClN3OS. The minimum absolute atomic E-state index is 0.0319. The Balaban J connectivity index is 1.65. The molecule has 2 aromatic rings. The first-order chi connectivity index (χ1) is 12.5. The Hall–Kier alpha value is -1.21. The zero-order valence-electron chi connectivity index (χ0n) is 14.5. The van der Waals surface area contributed by atoms with E-state index in [0.29, 0.717) is 10.8 Å². The number of nitrogens with one attached hydrogen (secondary N) is 1. The summed E-state index contributed by atoms with van der Waals surface area (Å²) in [5.41, 5.74) is 1.81. The van der Waals surface area contributed by atoms with Crippen LogP contribution >= 0.6 is 39.3 Å². The van der Waals surface area contributed by atoms with Crippen LogP contribution < -0.4 is 10.2 Å². The number of hydrogen-bond donors (Lipinski definition) is 1. The van der Waals surface area contributed by atoms with E-state index in [2.05, 4.69) is 38.1 Å². The summed E-state index contributed by atoms with van der Waals surface area (Å²) >= 11 is 11.1. The van der Waals surface area contributed by atoms with E-state index in [0.717, 1.165) is 46.9 Å². The molecule has 0 aliphatic carbocycles. The normalized spacial score (nSPS) is 15.1. The van der Waals surface area contributed by atoms with Crippen LogP contribution in [0.15, 0.2) is 51.8 Å². The van der Waals surface area contributed by atoms with Gasteiger partial charge in [-0.1, -0.05) is 27.5 Å². The number of anilines is 2. The number of hydrogen-bond acceptors (Lipinski definition) is 4. The van der Waals surface area contributed by atoms with Crippen molar-refractivity contribution < 1.29 is 4.79 Å². The lowest BCUT2D eigenvalue weighted by atomic mass is 10.2. The minimum atomic E-state index is -0.0319. The maximum Gasteiger partial charge on any atom is 0.234 e. The summed E-state index contributed by atoms with van der Waals surface area (Å²) in [4.78, 5) is 18.1. The molecule has 1 fully saturated rings. The van der Waals surface area contributed by atoms with E-state index in [4.69, 9.17) is 11.6 Å². The van der Waals surface area contributed by atoms with Crippen LogP contribution in [0.4, 0.5) is 11.4 Å². The predicted octanol–water partition coefficient (Wildman–Crippen LogP) is 4.59. The summed E-state index contributed by atoms with van der Waals surface area (Å²) in [5, 5.41) is 3.66. The summed E-state index contributed by atoms with van der Waals surface area (Å²) < 4.78 is 1.03. The van der Waals surface area contributed by atoms with Gasteiger partial charge in [-0.2, -0.15) is 0 Å². The molecule has 0 saturated carbocycles. The fourth-order valence-corrected chi connectivity index (χ4v) is 3.93. The Morgan fingerprint density at radius 1 is 1.15 bits per heavy atom. The van der Waals surface area contributed by atoms with Crippen LogP contribution in [0.2, 0.25) is 5.02 Å². The monoisotopic (exact) mass is 453 g/mol. The Morgan fingerprint density at radius 3 is 2.54 bits per heavy atom. The zero-order valence-corrected chi connectivity index (χ0v) is 17.7. The van der Waals surface area contributed by atoms with Gasteiger partial charge in [0.2, 0.25) is 5.91 Å². The van der Waals surface area contributed by atoms with E-state index in [1.54, 1.807) is 0 Å². The average Bonchev–Trinajstić information content (AvgIpc) is 2.62. The highest BCUT2D eigenvalue weighted by atomic mass is 79.9. The Bertz CT molecular complexity index is 764. The topological polar surface area (TPSA) is 35.6 Å². The highest BCUT2D eigenvalue weighted by Gasteiger charge is 2.18. The lowest BCUT2D eigenvalue weighted by Crippen LogP contribution is -2.44. The summed E-state index contributed by atoms with van der Waals surface area (Å²) in [6.07, 6.45) is 0. The van der Waals surface area contributed by atoms with Crippen molar-refractivity contribution in [2.75, 3.05) is 49.2 Å². The van der Waals surface area contributed by atoms with Gasteiger partial charge in [-0.3, -0.25) is 4.79 Å². The molecule has 1 aliphatic rings. The number of carbonyl (C=O) groups excluding carboxylic acids is 1. The molecule has 2 aromatic carbocycles. The van der Waals surface area contributed by atoms with Crippen molar-refractivity contribution in [3.63, 3.8) is 0 Å². The molecule has 1 heterocycles. The molecule has 1 amide bonds. The number of halogens is 2. The Labute approximate surface area is 172 Å². The van der Waals surface area contributed by atoms with Crippen molar-refractivity contribution in [1.82, 2.24) is 4.90 Å². The van der Waals surface area contributed by atoms with Crippen LogP contribution in [0, 0.1) is 0 Å². The van der Waals surface area contributed by atoms with Crippen LogP contribution in [-0.2, 0) is 4.79 Å². The van der Waals surface area contributed by atoms with Crippen LogP contribution in [0.3, 0.4) is 0 Å². The van der Waals surface area contributed by atoms with Gasteiger partial charge < -0.3 is 15.1 Å². The summed E-state index contributed by atoms with van der Waals surface area (Å²) in [7, 11) is 2.13. The third-order valence-corrected chi connectivity index (χ3v) is 6.04. The van der Waals surface area contributed by atoms with Gasteiger partial charge in [-0.25, -0.2) is 0 Å². The number of carbonyl (C=O) groups is 1. The van der Waals surface area contributed by atoms with Crippen molar-refractivity contribution in [2.45, 2.75) is 4.90 Å². The molecule has 7 heteroatoms. The Morgan fingerprint density at radius 2 is 1.85 bits per heavy atom. The molecule has 0 radical (unpaired) electrons. The second kappa shape index (κ2) is 9.13. The maximum atomic E-state index is 12.4. The molecule has 0 unspecified atom stereocenters. The van der Waals surface area contributed by atoms with Gasteiger partial charge in [-0.15, -0.1) is 11.8 Å². The lowest BCUT2D eigenvalue weighted by molar-refractivity contribution is -0.113. The number of piperazine rings is 1. The van der Waals surface area contributed by atoms with Gasteiger partial charge in [0, 0.05) is 40.6 Å². The van der Waals surface area contributed by atoms with Crippen molar-refractivity contribution in [3.05, 3.63) is 52.0 Å². The largest absolute Gasteiger partial charge is 0.367 e. The van der Waals surface area contributed by atoms with Gasteiger partial charge in [0.05, 0.1) is 17.1 Å². The summed E-state index contributed by atoms with van der Waals surface area (Å²) in [5.74, 6) is 0.326. The van der Waals surface area contributed by atoms with Gasteiger partial charge in [0.15, 0.2) is 0 Å². The highest BCUT2D eigenvalue weighted by Crippen LogP contribution is 2.30. The highest BCUT2D eigenvalue weighted by molar-refractivity contribution is 9.10. The molecule has 4 nitrogen and oxygen atoms in total. The van der Waals surface area contributed by atoms with E-state index in [-0.39, 0.29) is 5.91 Å². The standard InChI is InChI=1S/C19H21BrClN3OS/c1-23-8-10-24(11-9-23)18-7-4-15(21)12-17(18)22-19(25)13-26-16-5-2-14(20)3-6-16/h2-7,12H,8-11,13H2,1H3,(H,22,25). The fourth-order valence-electron chi connectivity index (χ4n) is 2.80. The molecule has 1 aliphatic heterocycles. The second-order valence-corrected chi connectivity index (χ2v) is 8.64. The van der Waals surface area contributed by atoms with Crippen molar-refractivity contribution in [2.24, 2.45) is 0 Å². The lowest BCUT2D eigenvalue weighted by Gasteiger charge is -2.35. The first kappa shape index (κ1) is 19.5. The van der Waals surface area contributed by atoms with Gasteiger partial charge in [-0.05, 0) is 49.5 Å². The average molecular weight is 455 g/mol. The summed E-state index contributed by atoms with van der Waals surface area (Å²) in [6.45, 7) is 3.90.